The Morgan fingerprint density at radius 3 is 2.53 bits per heavy atom. The summed E-state index contributed by atoms with van der Waals surface area (Å²) in [7, 11) is 3.50. The van der Waals surface area contributed by atoms with Crippen LogP contribution in [-0.2, 0) is 9.53 Å². The minimum absolute atomic E-state index is 0.0863. The van der Waals surface area contributed by atoms with Crippen molar-refractivity contribution >= 4 is 17.7 Å². The second-order valence-corrected chi connectivity index (χ2v) is 5.46. The van der Waals surface area contributed by atoms with E-state index >= 15 is 0 Å². The molecule has 0 spiro atoms. The molecule has 2 atom stereocenters. The Morgan fingerprint density at radius 2 is 2.06 bits per heavy atom. The molecular formula is C13H27NO2S. The van der Waals surface area contributed by atoms with Crippen molar-refractivity contribution in [3.63, 3.8) is 0 Å². The van der Waals surface area contributed by atoms with E-state index in [2.05, 4.69) is 25.0 Å². The highest BCUT2D eigenvalue weighted by molar-refractivity contribution is 7.98. The molecule has 0 radical (unpaired) electrons. The number of nitrogens with zero attached hydrogens (tertiary/aromatic N) is 1. The lowest BCUT2D eigenvalue weighted by Gasteiger charge is -2.31. The molecule has 0 N–H and O–H groups in total. The number of carbonyl (C=O) groups is 1. The number of rotatable bonds is 9. The molecule has 0 aliphatic carbocycles. The molecule has 3 nitrogen and oxygen atoms in total. The van der Waals surface area contributed by atoms with E-state index < -0.39 is 0 Å². The number of hydrogen-bond acceptors (Lipinski definition) is 4. The molecule has 0 amide bonds. The van der Waals surface area contributed by atoms with Crippen molar-refractivity contribution in [3.05, 3.63) is 0 Å². The molecule has 4 heteroatoms. The average molecular weight is 261 g/mol. The zero-order valence-corrected chi connectivity index (χ0v) is 12.7. The Hall–Kier alpha value is -0.220. The van der Waals surface area contributed by atoms with E-state index in [0.29, 0.717) is 6.04 Å². The molecule has 0 fully saturated rings. The van der Waals surface area contributed by atoms with Crippen molar-refractivity contribution in [2.24, 2.45) is 0 Å². The minimum atomic E-state index is -0.100. The minimum Gasteiger partial charge on any atom is -0.468 e. The van der Waals surface area contributed by atoms with Gasteiger partial charge in [0.2, 0.25) is 0 Å². The third-order valence-electron chi connectivity index (χ3n) is 3.23. The van der Waals surface area contributed by atoms with Gasteiger partial charge in [0, 0.05) is 6.04 Å². The molecule has 0 saturated carbocycles. The number of likely N-dealkylation sites (N-methyl/N-ethyl adjacent to an activating group) is 1. The van der Waals surface area contributed by atoms with Gasteiger partial charge in [0.25, 0.3) is 0 Å². The summed E-state index contributed by atoms with van der Waals surface area (Å²) >= 11 is 1.85. The standard InChI is InChI=1S/C13H27NO2S/c1-6-7-8-12(13(15)16-4)14(3)11(2)9-10-17-5/h11-12H,6-10H2,1-5H3. The fourth-order valence-electron chi connectivity index (χ4n) is 1.82. The lowest BCUT2D eigenvalue weighted by Crippen LogP contribution is -2.44. The molecule has 0 aromatic carbocycles. The van der Waals surface area contributed by atoms with Crippen LogP contribution in [0.3, 0.4) is 0 Å². The summed E-state index contributed by atoms with van der Waals surface area (Å²) in [5.41, 5.74) is 0. The lowest BCUT2D eigenvalue weighted by atomic mass is 10.1. The highest BCUT2D eigenvalue weighted by Gasteiger charge is 2.26. The number of ether oxygens (including phenoxy) is 1. The lowest BCUT2D eigenvalue weighted by molar-refractivity contribution is -0.147. The number of thioether (sulfide) groups is 1. The predicted octanol–water partition coefficient (Wildman–Crippen LogP) is 2.79. The SMILES string of the molecule is CCCCC(C(=O)OC)N(C)C(C)CCSC. The third kappa shape index (κ3) is 6.32. The van der Waals surface area contributed by atoms with Gasteiger partial charge in [0.05, 0.1) is 7.11 Å². The van der Waals surface area contributed by atoms with Crippen LogP contribution in [0.1, 0.15) is 39.5 Å². The Labute approximate surface area is 110 Å². The summed E-state index contributed by atoms with van der Waals surface area (Å²) in [5.74, 6) is 1.03. The molecule has 0 aromatic rings. The van der Waals surface area contributed by atoms with Gasteiger partial charge in [-0.25, -0.2) is 0 Å². The van der Waals surface area contributed by atoms with Gasteiger partial charge in [0.1, 0.15) is 6.04 Å². The summed E-state index contributed by atoms with van der Waals surface area (Å²) in [4.78, 5) is 13.9. The van der Waals surface area contributed by atoms with Gasteiger partial charge >= 0.3 is 5.97 Å². The van der Waals surface area contributed by atoms with Crippen molar-refractivity contribution in [2.75, 3.05) is 26.2 Å². The molecule has 0 aromatic heterocycles. The molecule has 0 rings (SSSR count). The summed E-state index contributed by atoms with van der Waals surface area (Å²) in [6.45, 7) is 4.32. The Bertz CT molecular complexity index is 212. The first-order valence-electron chi connectivity index (χ1n) is 6.37. The van der Waals surface area contributed by atoms with E-state index in [9.17, 15) is 4.79 Å². The van der Waals surface area contributed by atoms with E-state index in [1.165, 1.54) is 7.11 Å². The molecule has 2 unspecified atom stereocenters. The van der Waals surface area contributed by atoms with Gasteiger partial charge in [-0.15, -0.1) is 0 Å². The summed E-state index contributed by atoms with van der Waals surface area (Å²) in [6.07, 6.45) is 6.29. The first-order valence-corrected chi connectivity index (χ1v) is 7.76. The average Bonchev–Trinajstić information content (AvgIpc) is 2.35. The third-order valence-corrected chi connectivity index (χ3v) is 3.87. The fourth-order valence-corrected chi connectivity index (χ4v) is 2.40. The van der Waals surface area contributed by atoms with E-state index in [1.807, 2.05) is 18.8 Å². The van der Waals surface area contributed by atoms with Crippen molar-refractivity contribution in [1.29, 1.82) is 0 Å². The van der Waals surface area contributed by atoms with Crippen LogP contribution in [0.25, 0.3) is 0 Å². The van der Waals surface area contributed by atoms with Crippen LogP contribution in [0.2, 0.25) is 0 Å². The largest absolute Gasteiger partial charge is 0.468 e. The molecule has 102 valence electrons. The highest BCUT2D eigenvalue weighted by Crippen LogP contribution is 2.15. The van der Waals surface area contributed by atoms with E-state index in [0.717, 1.165) is 31.4 Å². The van der Waals surface area contributed by atoms with Crippen LogP contribution >= 0.6 is 11.8 Å². The quantitative estimate of drug-likeness (QED) is 0.597. The Kier molecular flexibility index (Phi) is 9.65. The van der Waals surface area contributed by atoms with Crippen LogP contribution in [-0.4, -0.2) is 49.1 Å². The Morgan fingerprint density at radius 1 is 1.41 bits per heavy atom. The van der Waals surface area contributed by atoms with E-state index in [1.54, 1.807) is 0 Å². The predicted molar refractivity (Wildman–Crippen MR) is 75.6 cm³/mol. The van der Waals surface area contributed by atoms with Crippen LogP contribution in [0.4, 0.5) is 0 Å². The van der Waals surface area contributed by atoms with Gasteiger partial charge in [0.15, 0.2) is 0 Å². The molecule has 0 saturated heterocycles. The van der Waals surface area contributed by atoms with E-state index in [4.69, 9.17) is 4.74 Å². The van der Waals surface area contributed by atoms with Gasteiger partial charge in [-0.05, 0) is 38.8 Å². The normalized spacial score (nSPS) is 14.7. The maximum absolute atomic E-state index is 11.8. The molecule has 17 heavy (non-hydrogen) atoms. The van der Waals surface area contributed by atoms with Gasteiger partial charge in [-0.2, -0.15) is 11.8 Å². The van der Waals surface area contributed by atoms with Gasteiger partial charge in [-0.3, -0.25) is 9.69 Å². The number of esters is 1. The maximum atomic E-state index is 11.8. The van der Waals surface area contributed by atoms with Crippen molar-refractivity contribution in [3.8, 4) is 0 Å². The summed E-state index contributed by atoms with van der Waals surface area (Å²) < 4.78 is 4.90. The first kappa shape index (κ1) is 16.8. The van der Waals surface area contributed by atoms with Crippen molar-refractivity contribution in [2.45, 2.75) is 51.6 Å². The molecule has 0 bridgehead atoms. The number of carbonyl (C=O) groups excluding carboxylic acids is 1. The zero-order valence-electron chi connectivity index (χ0n) is 11.9. The molecule has 0 aliphatic rings. The summed E-state index contributed by atoms with van der Waals surface area (Å²) in [5, 5.41) is 0. The maximum Gasteiger partial charge on any atom is 0.323 e. The zero-order chi connectivity index (χ0) is 13.3. The van der Waals surface area contributed by atoms with E-state index in [-0.39, 0.29) is 12.0 Å². The number of methoxy groups -OCH3 is 1. The number of hydrogen-bond donors (Lipinski definition) is 0. The van der Waals surface area contributed by atoms with Crippen LogP contribution < -0.4 is 0 Å². The van der Waals surface area contributed by atoms with Crippen molar-refractivity contribution < 1.29 is 9.53 Å². The monoisotopic (exact) mass is 261 g/mol. The smallest absolute Gasteiger partial charge is 0.323 e. The fraction of sp³-hybridized carbons (Fsp3) is 0.923. The summed E-state index contributed by atoms with van der Waals surface area (Å²) in [6, 6.07) is 0.334. The topological polar surface area (TPSA) is 29.5 Å². The van der Waals surface area contributed by atoms with Crippen molar-refractivity contribution in [1.82, 2.24) is 4.90 Å². The highest BCUT2D eigenvalue weighted by atomic mass is 32.2. The molecule has 0 aliphatic heterocycles. The second-order valence-electron chi connectivity index (χ2n) is 4.48. The van der Waals surface area contributed by atoms with Crippen LogP contribution in [0.5, 0.6) is 0 Å². The van der Waals surface area contributed by atoms with Gasteiger partial charge in [-0.1, -0.05) is 19.8 Å². The van der Waals surface area contributed by atoms with Crippen LogP contribution in [0.15, 0.2) is 0 Å². The molecule has 0 heterocycles. The second kappa shape index (κ2) is 9.77. The Balaban J connectivity index is 4.38. The van der Waals surface area contributed by atoms with Crippen LogP contribution in [0, 0.1) is 0 Å². The first-order chi connectivity index (χ1) is 8.08. The van der Waals surface area contributed by atoms with Gasteiger partial charge < -0.3 is 4.74 Å². The molecular weight excluding hydrogens is 234 g/mol. The number of unbranched alkanes of at least 4 members (excludes halogenated alkanes) is 1.